The van der Waals surface area contributed by atoms with Crippen LogP contribution in [-0.2, 0) is 4.74 Å². The minimum absolute atomic E-state index is 0.0450. The van der Waals surface area contributed by atoms with Gasteiger partial charge in [0.1, 0.15) is 0 Å². The van der Waals surface area contributed by atoms with Crippen LogP contribution in [0.2, 0.25) is 0 Å². The number of hydrogen-bond donors (Lipinski definition) is 0. The van der Waals surface area contributed by atoms with E-state index in [0.717, 1.165) is 33.4 Å². The summed E-state index contributed by atoms with van der Waals surface area (Å²) in [7, 11) is 1.69. The van der Waals surface area contributed by atoms with Crippen LogP contribution in [0.25, 0.3) is 26.0 Å². The molecule has 0 aliphatic carbocycles. The highest BCUT2D eigenvalue weighted by atomic mass is 32.1. The Bertz CT molecular complexity index is 1290. The fourth-order valence-corrected chi connectivity index (χ4v) is 5.41. The smallest absolute Gasteiger partial charge is 0.256 e. The molecular formula is C24H22N2O3S. The summed E-state index contributed by atoms with van der Waals surface area (Å²) >= 11 is 1.62. The van der Waals surface area contributed by atoms with E-state index >= 15 is 0 Å². The van der Waals surface area contributed by atoms with Gasteiger partial charge in [-0.1, -0.05) is 30.3 Å². The maximum atomic E-state index is 13.5. The molecule has 1 aromatic carbocycles. The number of nitrogens with zero attached hydrogens (tertiary/aromatic N) is 2. The van der Waals surface area contributed by atoms with Crippen molar-refractivity contribution in [2.45, 2.75) is 18.9 Å². The zero-order valence-electron chi connectivity index (χ0n) is 16.7. The normalized spacial score (nSPS) is 17.0. The van der Waals surface area contributed by atoms with Gasteiger partial charge in [-0.15, -0.1) is 11.3 Å². The van der Waals surface area contributed by atoms with Crippen molar-refractivity contribution in [1.82, 2.24) is 9.30 Å². The Labute approximate surface area is 178 Å². The van der Waals surface area contributed by atoms with Gasteiger partial charge >= 0.3 is 0 Å². The number of amides is 1. The van der Waals surface area contributed by atoms with Crippen molar-refractivity contribution in [2.75, 3.05) is 20.2 Å². The van der Waals surface area contributed by atoms with Gasteiger partial charge in [0.25, 0.3) is 11.5 Å². The number of carbonyl (C=O) groups is 1. The number of benzene rings is 1. The van der Waals surface area contributed by atoms with Gasteiger partial charge in [0.2, 0.25) is 0 Å². The molecule has 0 radical (unpaired) electrons. The number of rotatable bonds is 3. The molecule has 1 aliphatic heterocycles. The molecule has 1 unspecified atom stereocenters. The molecule has 6 heteroatoms. The van der Waals surface area contributed by atoms with Gasteiger partial charge in [-0.2, -0.15) is 0 Å². The molecule has 152 valence electrons. The lowest BCUT2D eigenvalue weighted by molar-refractivity contribution is 0.0270. The van der Waals surface area contributed by atoms with E-state index in [-0.39, 0.29) is 17.6 Å². The lowest BCUT2D eigenvalue weighted by Crippen LogP contribution is -2.43. The third kappa shape index (κ3) is 3.22. The Kier molecular flexibility index (Phi) is 4.89. The fraction of sp³-hybridized carbons (Fsp3) is 0.250. The van der Waals surface area contributed by atoms with Crippen molar-refractivity contribution in [3.8, 4) is 10.4 Å². The van der Waals surface area contributed by atoms with E-state index < -0.39 is 0 Å². The summed E-state index contributed by atoms with van der Waals surface area (Å²) in [5, 5.41) is 1.03. The van der Waals surface area contributed by atoms with Gasteiger partial charge in [-0.3, -0.25) is 14.0 Å². The standard InChI is InChI=1S/C24H22N2O3S/c1-29-18-8-5-12-25(15-18)24(28)19-9-10-21(27)26-13-11-17-14-20(30-23(17)22(19)26)16-6-3-2-4-7-16/h2-4,6-7,9-11,13-14,18H,5,8,12,15H2,1H3. The van der Waals surface area contributed by atoms with Gasteiger partial charge in [0.05, 0.1) is 21.9 Å². The first-order valence-electron chi connectivity index (χ1n) is 10.1. The highest BCUT2D eigenvalue weighted by Crippen LogP contribution is 2.36. The first-order valence-corrected chi connectivity index (χ1v) is 10.9. The van der Waals surface area contributed by atoms with Crippen LogP contribution in [0.4, 0.5) is 0 Å². The molecule has 30 heavy (non-hydrogen) atoms. The number of hydrogen-bond acceptors (Lipinski definition) is 4. The topological polar surface area (TPSA) is 51.0 Å². The van der Waals surface area contributed by atoms with Crippen LogP contribution in [0.1, 0.15) is 23.2 Å². The predicted molar refractivity (Wildman–Crippen MR) is 120 cm³/mol. The number of pyridine rings is 2. The van der Waals surface area contributed by atoms with Crippen LogP contribution >= 0.6 is 11.3 Å². The first kappa shape index (κ1) is 19.0. The SMILES string of the molecule is COC1CCCN(C(=O)c2ccc(=O)n3ccc4cc(-c5ccccc5)sc4c23)C1. The zero-order valence-corrected chi connectivity index (χ0v) is 17.5. The van der Waals surface area contributed by atoms with Crippen molar-refractivity contribution in [3.05, 3.63) is 76.7 Å². The van der Waals surface area contributed by atoms with Gasteiger partial charge in [0.15, 0.2) is 0 Å². The quantitative estimate of drug-likeness (QED) is 0.495. The molecule has 5 nitrogen and oxygen atoms in total. The molecular weight excluding hydrogens is 396 g/mol. The molecule has 0 bridgehead atoms. The summed E-state index contributed by atoms with van der Waals surface area (Å²) in [4.78, 5) is 29.0. The van der Waals surface area contributed by atoms with Crippen LogP contribution in [0, 0.1) is 0 Å². The number of methoxy groups -OCH3 is 1. The Morgan fingerprint density at radius 3 is 2.77 bits per heavy atom. The van der Waals surface area contributed by atoms with E-state index in [1.54, 1.807) is 35.1 Å². The van der Waals surface area contributed by atoms with Gasteiger partial charge in [-0.25, -0.2) is 0 Å². The number of carbonyl (C=O) groups excluding carboxylic acids is 1. The number of aromatic nitrogens is 1. The van der Waals surface area contributed by atoms with Crippen LogP contribution in [0.5, 0.6) is 0 Å². The molecule has 4 aromatic rings. The summed E-state index contributed by atoms with van der Waals surface area (Å²) in [5.74, 6) is -0.0450. The summed E-state index contributed by atoms with van der Waals surface area (Å²) in [6.45, 7) is 1.29. The van der Waals surface area contributed by atoms with E-state index in [1.807, 2.05) is 29.2 Å². The lowest BCUT2D eigenvalue weighted by atomic mass is 10.1. The Morgan fingerprint density at radius 2 is 1.97 bits per heavy atom. The third-order valence-electron chi connectivity index (χ3n) is 5.79. The Balaban J connectivity index is 1.68. The molecule has 5 rings (SSSR count). The number of fused-ring (bicyclic) bond motifs is 3. The van der Waals surface area contributed by atoms with Crippen molar-refractivity contribution >= 4 is 32.8 Å². The second kappa shape index (κ2) is 7.70. The van der Waals surface area contributed by atoms with Crippen molar-refractivity contribution in [1.29, 1.82) is 0 Å². The monoisotopic (exact) mass is 418 g/mol. The second-order valence-corrected chi connectivity index (χ2v) is 8.68. The number of thiophene rings is 1. The second-order valence-electron chi connectivity index (χ2n) is 7.63. The Hall–Kier alpha value is -2.96. The minimum Gasteiger partial charge on any atom is -0.380 e. The van der Waals surface area contributed by atoms with E-state index in [4.69, 9.17) is 4.74 Å². The summed E-state index contributed by atoms with van der Waals surface area (Å²) in [6.07, 6.45) is 3.71. The third-order valence-corrected chi connectivity index (χ3v) is 7.00. The summed E-state index contributed by atoms with van der Waals surface area (Å²) < 4.78 is 8.04. The molecule has 3 aromatic heterocycles. The van der Waals surface area contributed by atoms with E-state index in [9.17, 15) is 9.59 Å². The maximum absolute atomic E-state index is 13.5. The van der Waals surface area contributed by atoms with E-state index in [2.05, 4.69) is 18.2 Å². The maximum Gasteiger partial charge on any atom is 0.256 e. The van der Waals surface area contributed by atoms with Crippen LogP contribution in [0.15, 0.2) is 65.6 Å². The molecule has 1 fully saturated rings. The van der Waals surface area contributed by atoms with Gasteiger partial charge in [0, 0.05) is 37.3 Å². The zero-order chi connectivity index (χ0) is 20.7. The van der Waals surface area contributed by atoms with Gasteiger partial charge < -0.3 is 9.64 Å². The molecule has 0 N–H and O–H groups in total. The molecule has 1 saturated heterocycles. The van der Waals surface area contributed by atoms with Gasteiger partial charge in [-0.05, 0) is 42.0 Å². The van der Waals surface area contributed by atoms with Crippen molar-refractivity contribution in [2.24, 2.45) is 0 Å². The Morgan fingerprint density at radius 1 is 1.13 bits per heavy atom. The molecule has 0 saturated carbocycles. The average Bonchev–Trinajstić information content (AvgIpc) is 3.24. The molecule has 1 atom stereocenters. The fourth-order valence-electron chi connectivity index (χ4n) is 4.20. The first-order chi connectivity index (χ1) is 14.7. The van der Waals surface area contributed by atoms with Crippen molar-refractivity contribution in [3.63, 3.8) is 0 Å². The highest BCUT2D eigenvalue weighted by Gasteiger charge is 2.26. The van der Waals surface area contributed by atoms with Crippen molar-refractivity contribution < 1.29 is 9.53 Å². The minimum atomic E-state index is -0.133. The molecule has 0 spiro atoms. The molecule has 4 heterocycles. The summed E-state index contributed by atoms with van der Waals surface area (Å²) in [5.41, 5.74) is 2.25. The van der Waals surface area contributed by atoms with E-state index in [0.29, 0.717) is 24.2 Å². The molecule has 1 amide bonds. The van der Waals surface area contributed by atoms with Crippen LogP contribution in [0.3, 0.4) is 0 Å². The number of likely N-dealkylation sites (tertiary alicyclic amines) is 1. The molecule has 1 aliphatic rings. The van der Waals surface area contributed by atoms with E-state index in [1.165, 1.54) is 6.07 Å². The largest absolute Gasteiger partial charge is 0.380 e. The number of ether oxygens (including phenoxy) is 1. The van der Waals surface area contributed by atoms with Crippen LogP contribution < -0.4 is 5.56 Å². The lowest BCUT2D eigenvalue weighted by Gasteiger charge is -2.32. The number of piperidine rings is 1. The highest BCUT2D eigenvalue weighted by molar-refractivity contribution is 7.23. The van der Waals surface area contributed by atoms with Crippen LogP contribution in [-0.4, -0.2) is 41.5 Å². The summed E-state index contributed by atoms with van der Waals surface area (Å²) in [6, 6.07) is 17.4. The predicted octanol–water partition coefficient (Wildman–Crippen LogP) is 4.43. The average molecular weight is 419 g/mol.